The van der Waals surface area contributed by atoms with Crippen molar-refractivity contribution in [3.8, 4) is 5.75 Å². The lowest BCUT2D eigenvalue weighted by molar-refractivity contribution is 0.103. The number of aromatic nitrogens is 2. The van der Waals surface area contributed by atoms with Crippen LogP contribution in [-0.4, -0.2) is 20.7 Å². The normalized spacial score (nSPS) is 10.9. The Labute approximate surface area is 114 Å². The summed E-state index contributed by atoms with van der Waals surface area (Å²) >= 11 is 11.6. The highest BCUT2D eigenvalue weighted by Crippen LogP contribution is 2.30. The van der Waals surface area contributed by atoms with Gasteiger partial charge in [0.2, 0.25) is 0 Å². The van der Waals surface area contributed by atoms with Gasteiger partial charge in [-0.05, 0) is 12.1 Å². The Morgan fingerprint density at radius 3 is 2.61 bits per heavy atom. The van der Waals surface area contributed by atoms with Crippen molar-refractivity contribution in [3.05, 3.63) is 47.3 Å². The van der Waals surface area contributed by atoms with E-state index in [0.29, 0.717) is 5.69 Å². The SMILES string of the molecule is Cn1ncc(C(=O)c2ccccc2O)c1C(Cl)Cl. The van der Waals surface area contributed by atoms with Crippen LogP contribution in [0.4, 0.5) is 0 Å². The van der Waals surface area contributed by atoms with Gasteiger partial charge in [0.1, 0.15) is 10.6 Å². The van der Waals surface area contributed by atoms with Crippen LogP contribution in [-0.2, 0) is 7.05 Å². The summed E-state index contributed by atoms with van der Waals surface area (Å²) in [7, 11) is 1.65. The van der Waals surface area contributed by atoms with Crippen LogP contribution < -0.4 is 0 Å². The summed E-state index contributed by atoms with van der Waals surface area (Å²) in [5.74, 6) is -0.444. The molecule has 1 N–H and O–H groups in total. The second kappa shape index (κ2) is 5.00. The molecular weight excluding hydrogens is 275 g/mol. The summed E-state index contributed by atoms with van der Waals surface area (Å²) in [5, 5.41) is 13.6. The number of carbonyl (C=O) groups excluding carboxylic acids is 1. The summed E-state index contributed by atoms with van der Waals surface area (Å²) in [6.45, 7) is 0. The number of nitrogens with zero attached hydrogens (tertiary/aromatic N) is 2. The minimum absolute atomic E-state index is 0.0852. The molecule has 18 heavy (non-hydrogen) atoms. The van der Waals surface area contributed by atoms with Gasteiger partial charge in [-0.25, -0.2) is 0 Å². The zero-order valence-corrected chi connectivity index (χ0v) is 11.0. The maximum atomic E-state index is 12.3. The van der Waals surface area contributed by atoms with Gasteiger partial charge in [-0.15, -0.1) is 0 Å². The summed E-state index contributed by atoms with van der Waals surface area (Å²) in [5.41, 5.74) is 0.890. The fourth-order valence-corrected chi connectivity index (χ4v) is 2.21. The highest BCUT2D eigenvalue weighted by molar-refractivity contribution is 6.44. The van der Waals surface area contributed by atoms with E-state index in [1.807, 2.05) is 0 Å². The predicted molar refractivity (Wildman–Crippen MR) is 69.2 cm³/mol. The molecule has 0 radical (unpaired) electrons. The van der Waals surface area contributed by atoms with Gasteiger partial charge >= 0.3 is 0 Å². The van der Waals surface area contributed by atoms with Crippen LogP contribution in [0, 0.1) is 0 Å². The molecule has 0 atom stereocenters. The molecule has 0 aliphatic carbocycles. The van der Waals surface area contributed by atoms with Gasteiger partial charge < -0.3 is 5.11 Å². The number of phenolic OH excluding ortho intramolecular Hbond substituents is 1. The van der Waals surface area contributed by atoms with Crippen molar-refractivity contribution in [2.24, 2.45) is 7.05 Å². The van der Waals surface area contributed by atoms with Crippen molar-refractivity contribution < 1.29 is 9.90 Å². The highest BCUT2D eigenvalue weighted by atomic mass is 35.5. The lowest BCUT2D eigenvalue weighted by Crippen LogP contribution is -2.06. The number of hydrogen-bond acceptors (Lipinski definition) is 3. The Kier molecular flexibility index (Phi) is 3.59. The summed E-state index contributed by atoms with van der Waals surface area (Å²) in [4.78, 5) is 11.4. The van der Waals surface area contributed by atoms with Crippen molar-refractivity contribution in [2.75, 3.05) is 0 Å². The number of benzene rings is 1. The molecule has 0 amide bonds. The number of aryl methyl sites for hydroxylation is 1. The number of aromatic hydroxyl groups is 1. The fourth-order valence-electron chi connectivity index (χ4n) is 1.69. The van der Waals surface area contributed by atoms with Crippen LogP contribution >= 0.6 is 23.2 Å². The summed E-state index contributed by atoms with van der Waals surface area (Å²) in [6.07, 6.45) is 1.39. The second-order valence-corrected chi connectivity index (χ2v) is 4.81. The number of halogens is 2. The Morgan fingerprint density at radius 2 is 2.00 bits per heavy atom. The number of carbonyl (C=O) groups is 1. The molecule has 1 aromatic heterocycles. The minimum atomic E-state index is -0.859. The number of ketones is 1. The average molecular weight is 285 g/mol. The summed E-state index contributed by atoms with van der Waals surface area (Å²) < 4.78 is 1.44. The molecule has 6 heteroatoms. The quantitative estimate of drug-likeness (QED) is 0.697. The van der Waals surface area contributed by atoms with E-state index in [0.717, 1.165) is 0 Å². The maximum absolute atomic E-state index is 12.3. The topological polar surface area (TPSA) is 55.1 Å². The van der Waals surface area contributed by atoms with Crippen LogP contribution in [0.2, 0.25) is 0 Å². The van der Waals surface area contributed by atoms with Gasteiger partial charge in [0, 0.05) is 7.05 Å². The average Bonchev–Trinajstić information content (AvgIpc) is 2.71. The van der Waals surface area contributed by atoms with Gasteiger partial charge in [0.25, 0.3) is 0 Å². The second-order valence-electron chi connectivity index (χ2n) is 3.71. The number of alkyl halides is 2. The smallest absolute Gasteiger partial charge is 0.200 e. The molecule has 1 aromatic carbocycles. The first-order chi connectivity index (χ1) is 8.52. The standard InChI is InChI=1S/C12H10Cl2N2O2/c1-16-10(12(13)14)8(6-15-16)11(18)7-4-2-3-5-9(7)17/h2-6,12,17H,1H3. The first-order valence-electron chi connectivity index (χ1n) is 5.15. The van der Waals surface area contributed by atoms with Crippen molar-refractivity contribution in [3.63, 3.8) is 0 Å². The van der Waals surface area contributed by atoms with Crippen molar-refractivity contribution in [1.82, 2.24) is 9.78 Å². The molecule has 2 aromatic rings. The Balaban J connectivity index is 2.51. The van der Waals surface area contributed by atoms with E-state index < -0.39 is 4.84 Å². The first kappa shape index (κ1) is 12.9. The molecule has 0 spiro atoms. The molecule has 4 nitrogen and oxygen atoms in total. The molecule has 0 saturated heterocycles. The molecule has 0 aliphatic heterocycles. The third-order valence-electron chi connectivity index (χ3n) is 2.58. The van der Waals surface area contributed by atoms with E-state index in [9.17, 15) is 9.90 Å². The molecule has 94 valence electrons. The van der Waals surface area contributed by atoms with Gasteiger partial charge in [0.15, 0.2) is 5.78 Å². The molecule has 0 unspecified atom stereocenters. The van der Waals surface area contributed by atoms with E-state index in [1.165, 1.54) is 23.0 Å². The Morgan fingerprint density at radius 1 is 1.33 bits per heavy atom. The van der Waals surface area contributed by atoms with E-state index >= 15 is 0 Å². The maximum Gasteiger partial charge on any atom is 0.200 e. The summed E-state index contributed by atoms with van der Waals surface area (Å²) in [6, 6.07) is 6.29. The Bertz CT molecular complexity index is 594. The van der Waals surface area contributed by atoms with E-state index in [2.05, 4.69) is 5.10 Å². The number of hydrogen-bond donors (Lipinski definition) is 1. The lowest BCUT2D eigenvalue weighted by Gasteiger charge is -2.07. The molecule has 0 bridgehead atoms. The van der Waals surface area contributed by atoms with E-state index in [1.54, 1.807) is 19.2 Å². The number of rotatable bonds is 3. The van der Waals surface area contributed by atoms with Crippen molar-refractivity contribution in [2.45, 2.75) is 4.84 Å². The van der Waals surface area contributed by atoms with E-state index in [-0.39, 0.29) is 22.7 Å². The van der Waals surface area contributed by atoms with Crippen LogP contribution in [0.5, 0.6) is 5.75 Å². The highest BCUT2D eigenvalue weighted by Gasteiger charge is 2.23. The van der Waals surface area contributed by atoms with Crippen LogP contribution in [0.3, 0.4) is 0 Å². The van der Waals surface area contributed by atoms with Crippen LogP contribution in [0.1, 0.15) is 26.5 Å². The number of para-hydroxylation sites is 1. The molecule has 0 fully saturated rings. The minimum Gasteiger partial charge on any atom is -0.507 e. The van der Waals surface area contributed by atoms with Crippen LogP contribution in [0.15, 0.2) is 30.5 Å². The largest absolute Gasteiger partial charge is 0.507 e. The van der Waals surface area contributed by atoms with Crippen molar-refractivity contribution >= 4 is 29.0 Å². The first-order valence-corrected chi connectivity index (χ1v) is 6.02. The van der Waals surface area contributed by atoms with E-state index in [4.69, 9.17) is 23.2 Å². The molecular formula is C12H10Cl2N2O2. The number of phenols is 1. The van der Waals surface area contributed by atoms with Gasteiger partial charge in [-0.2, -0.15) is 5.10 Å². The zero-order chi connectivity index (χ0) is 13.3. The third kappa shape index (κ3) is 2.21. The third-order valence-corrected chi connectivity index (χ3v) is 3.00. The van der Waals surface area contributed by atoms with Gasteiger partial charge in [-0.3, -0.25) is 9.48 Å². The van der Waals surface area contributed by atoms with Gasteiger partial charge in [-0.1, -0.05) is 35.3 Å². The fraction of sp³-hybridized carbons (Fsp3) is 0.167. The predicted octanol–water partition coefficient (Wildman–Crippen LogP) is 2.83. The van der Waals surface area contributed by atoms with Gasteiger partial charge in [0.05, 0.1) is 23.0 Å². The lowest BCUT2D eigenvalue weighted by atomic mass is 10.0. The Hall–Kier alpha value is -1.52. The van der Waals surface area contributed by atoms with Crippen molar-refractivity contribution in [1.29, 1.82) is 0 Å². The molecule has 2 rings (SSSR count). The molecule has 1 heterocycles. The molecule has 0 saturated carbocycles. The van der Waals surface area contributed by atoms with Crippen LogP contribution in [0.25, 0.3) is 0 Å². The zero-order valence-electron chi connectivity index (χ0n) is 9.47. The monoisotopic (exact) mass is 284 g/mol. The molecule has 0 aliphatic rings.